The second-order valence-electron chi connectivity index (χ2n) is 5.50. The molecule has 8 nitrogen and oxygen atoms in total. The predicted octanol–water partition coefficient (Wildman–Crippen LogP) is 1.12. The second kappa shape index (κ2) is 5.88. The van der Waals surface area contributed by atoms with Crippen LogP contribution in [0.2, 0.25) is 0 Å². The molecule has 0 aliphatic carbocycles. The first-order valence-corrected chi connectivity index (χ1v) is 7.22. The van der Waals surface area contributed by atoms with Crippen LogP contribution >= 0.6 is 0 Å². The lowest BCUT2D eigenvalue weighted by Crippen LogP contribution is -2.29. The van der Waals surface area contributed by atoms with E-state index in [1.54, 1.807) is 4.90 Å². The number of ether oxygens (including phenoxy) is 1. The average Bonchev–Trinajstić information content (AvgIpc) is 3.18. The highest BCUT2D eigenvalue weighted by Crippen LogP contribution is 2.24. The first kappa shape index (κ1) is 14.7. The van der Waals surface area contributed by atoms with Crippen LogP contribution in [0.5, 0.6) is 0 Å². The molecule has 2 aromatic heterocycles. The first-order chi connectivity index (χ1) is 10.6. The van der Waals surface area contributed by atoms with Gasteiger partial charge in [-0.05, 0) is 26.3 Å². The molecule has 1 amide bonds. The molecule has 0 aromatic carbocycles. The number of aromatic nitrogens is 4. The number of methoxy groups -OCH3 is 1. The van der Waals surface area contributed by atoms with Gasteiger partial charge in [-0.25, -0.2) is 0 Å². The van der Waals surface area contributed by atoms with Gasteiger partial charge in [0.05, 0.1) is 11.7 Å². The molecule has 1 fully saturated rings. The molecule has 0 N–H and O–H groups in total. The lowest BCUT2D eigenvalue weighted by molar-refractivity contribution is 0.0739. The zero-order valence-electron chi connectivity index (χ0n) is 12.9. The third-order valence-corrected chi connectivity index (χ3v) is 3.76. The Morgan fingerprint density at radius 2 is 2.27 bits per heavy atom. The fourth-order valence-corrected chi connectivity index (χ4v) is 2.80. The van der Waals surface area contributed by atoms with Crippen LogP contribution in [-0.4, -0.2) is 51.0 Å². The molecule has 0 spiro atoms. The van der Waals surface area contributed by atoms with E-state index in [9.17, 15) is 4.79 Å². The molecule has 1 aliphatic rings. The number of carbonyl (C=O) groups excluding carboxylic acids is 1. The zero-order valence-corrected chi connectivity index (χ0v) is 12.9. The van der Waals surface area contributed by atoms with E-state index in [0.717, 1.165) is 17.8 Å². The minimum absolute atomic E-state index is 0.0149. The van der Waals surface area contributed by atoms with Crippen LogP contribution < -0.4 is 0 Å². The Balaban J connectivity index is 1.69. The number of hydrogen-bond donors (Lipinski definition) is 0. The van der Waals surface area contributed by atoms with Crippen LogP contribution in [-0.2, 0) is 11.3 Å². The summed E-state index contributed by atoms with van der Waals surface area (Å²) in [5, 5.41) is 12.1. The standard InChI is InChI=1S/C14H19N5O3/c1-9-6-10(2)19(17-9)11-4-5-18(7-11)14(20)13-16-15-12(22-13)8-21-3/h6,11H,4-5,7-8H2,1-3H3/t11-/m0/s1. The van der Waals surface area contributed by atoms with Crippen molar-refractivity contribution in [3.8, 4) is 0 Å². The number of rotatable bonds is 4. The van der Waals surface area contributed by atoms with Crippen LogP contribution in [0.1, 0.15) is 40.4 Å². The molecular weight excluding hydrogens is 286 g/mol. The molecule has 1 aliphatic heterocycles. The summed E-state index contributed by atoms with van der Waals surface area (Å²) in [7, 11) is 1.53. The summed E-state index contributed by atoms with van der Waals surface area (Å²) >= 11 is 0. The molecule has 0 bridgehead atoms. The van der Waals surface area contributed by atoms with Crippen LogP contribution in [0, 0.1) is 13.8 Å². The molecule has 8 heteroatoms. The van der Waals surface area contributed by atoms with Crippen LogP contribution in [0.25, 0.3) is 0 Å². The molecule has 118 valence electrons. The largest absolute Gasteiger partial charge is 0.414 e. The minimum atomic E-state index is -0.237. The van der Waals surface area contributed by atoms with Crippen molar-refractivity contribution < 1.29 is 13.9 Å². The third kappa shape index (κ3) is 2.74. The van der Waals surface area contributed by atoms with E-state index in [1.165, 1.54) is 7.11 Å². The highest BCUT2D eigenvalue weighted by molar-refractivity contribution is 5.89. The lowest BCUT2D eigenvalue weighted by atomic mass is 10.2. The number of likely N-dealkylation sites (tertiary alicyclic amines) is 1. The van der Waals surface area contributed by atoms with E-state index in [0.29, 0.717) is 19.0 Å². The van der Waals surface area contributed by atoms with Gasteiger partial charge < -0.3 is 14.1 Å². The molecule has 2 aromatic rings. The van der Waals surface area contributed by atoms with Crippen molar-refractivity contribution in [3.63, 3.8) is 0 Å². The average molecular weight is 305 g/mol. The van der Waals surface area contributed by atoms with E-state index in [4.69, 9.17) is 9.15 Å². The highest BCUT2D eigenvalue weighted by atomic mass is 16.5. The summed E-state index contributed by atoms with van der Waals surface area (Å²) < 4.78 is 12.2. The third-order valence-electron chi connectivity index (χ3n) is 3.76. The SMILES string of the molecule is COCc1nnc(C(=O)N2CC[C@H](n3nc(C)cc3C)C2)o1. The van der Waals surface area contributed by atoms with Crippen molar-refractivity contribution >= 4 is 5.91 Å². The molecule has 0 saturated carbocycles. The van der Waals surface area contributed by atoms with Gasteiger partial charge in [0.25, 0.3) is 0 Å². The minimum Gasteiger partial charge on any atom is -0.414 e. The Labute approximate surface area is 128 Å². The van der Waals surface area contributed by atoms with Crippen LogP contribution in [0.3, 0.4) is 0 Å². The van der Waals surface area contributed by atoms with Crippen molar-refractivity contribution in [3.05, 3.63) is 29.2 Å². The zero-order chi connectivity index (χ0) is 15.7. The molecular formula is C14H19N5O3. The smallest absolute Gasteiger partial charge is 0.311 e. The van der Waals surface area contributed by atoms with E-state index in [1.807, 2.05) is 24.6 Å². The summed E-state index contributed by atoms with van der Waals surface area (Å²) in [5.74, 6) is 0.0834. The van der Waals surface area contributed by atoms with Gasteiger partial charge in [0, 0.05) is 25.9 Å². The Kier molecular flexibility index (Phi) is 3.93. The van der Waals surface area contributed by atoms with E-state index < -0.39 is 0 Å². The van der Waals surface area contributed by atoms with Gasteiger partial charge in [-0.3, -0.25) is 9.48 Å². The molecule has 3 rings (SSSR count). The van der Waals surface area contributed by atoms with Gasteiger partial charge in [0.15, 0.2) is 0 Å². The van der Waals surface area contributed by atoms with Crippen molar-refractivity contribution in [1.29, 1.82) is 0 Å². The Morgan fingerprint density at radius 1 is 1.45 bits per heavy atom. The molecule has 0 unspecified atom stereocenters. The maximum absolute atomic E-state index is 12.4. The van der Waals surface area contributed by atoms with Gasteiger partial charge in [-0.15, -0.1) is 10.2 Å². The fraction of sp³-hybridized carbons (Fsp3) is 0.571. The van der Waals surface area contributed by atoms with Crippen LogP contribution in [0.15, 0.2) is 10.5 Å². The molecule has 3 heterocycles. The van der Waals surface area contributed by atoms with Gasteiger partial charge in [-0.2, -0.15) is 5.10 Å². The maximum atomic E-state index is 12.4. The van der Waals surface area contributed by atoms with E-state index >= 15 is 0 Å². The topological polar surface area (TPSA) is 86.3 Å². The van der Waals surface area contributed by atoms with Crippen molar-refractivity contribution in [2.24, 2.45) is 0 Å². The number of aryl methyl sites for hydroxylation is 2. The van der Waals surface area contributed by atoms with E-state index in [2.05, 4.69) is 15.3 Å². The summed E-state index contributed by atoms with van der Waals surface area (Å²) in [6.07, 6.45) is 0.868. The van der Waals surface area contributed by atoms with Crippen molar-refractivity contribution in [2.75, 3.05) is 20.2 Å². The van der Waals surface area contributed by atoms with Crippen molar-refractivity contribution in [2.45, 2.75) is 32.9 Å². The predicted molar refractivity (Wildman–Crippen MR) is 76.3 cm³/mol. The Bertz CT molecular complexity index is 678. The molecule has 1 saturated heterocycles. The van der Waals surface area contributed by atoms with Crippen LogP contribution in [0.4, 0.5) is 0 Å². The second-order valence-corrected chi connectivity index (χ2v) is 5.50. The molecule has 1 atom stereocenters. The van der Waals surface area contributed by atoms with Gasteiger partial charge in [0.1, 0.15) is 6.61 Å². The summed E-state index contributed by atoms with van der Waals surface area (Å²) in [4.78, 5) is 14.1. The fourth-order valence-electron chi connectivity index (χ4n) is 2.80. The molecule has 0 radical (unpaired) electrons. The van der Waals surface area contributed by atoms with Crippen molar-refractivity contribution in [1.82, 2.24) is 24.9 Å². The monoisotopic (exact) mass is 305 g/mol. The Hall–Kier alpha value is -2.22. The normalized spacial score (nSPS) is 18.1. The Morgan fingerprint density at radius 3 is 2.95 bits per heavy atom. The van der Waals surface area contributed by atoms with Gasteiger partial charge in [-0.1, -0.05) is 0 Å². The number of amides is 1. The van der Waals surface area contributed by atoms with E-state index in [-0.39, 0.29) is 24.4 Å². The molecule has 22 heavy (non-hydrogen) atoms. The number of carbonyl (C=O) groups is 1. The lowest BCUT2D eigenvalue weighted by Gasteiger charge is -2.15. The van der Waals surface area contributed by atoms with Gasteiger partial charge in [0.2, 0.25) is 5.89 Å². The maximum Gasteiger partial charge on any atom is 0.311 e. The highest BCUT2D eigenvalue weighted by Gasteiger charge is 2.31. The number of nitrogens with zero attached hydrogens (tertiary/aromatic N) is 5. The quantitative estimate of drug-likeness (QED) is 0.841. The number of hydrogen-bond acceptors (Lipinski definition) is 6. The summed E-state index contributed by atoms with van der Waals surface area (Å²) in [5.41, 5.74) is 2.10. The van der Waals surface area contributed by atoms with Gasteiger partial charge >= 0.3 is 11.8 Å². The summed E-state index contributed by atoms with van der Waals surface area (Å²) in [6.45, 7) is 5.46. The summed E-state index contributed by atoms with van der Waals surface area (Å²) in [6, 6.07) is 2.23. The first-order valence-electron chi connectivity index (χ1n) is 7.22.